The number of nitrogens with one attached hydrogen (secondary N) is 1. The van der Waals surface area contributed by atoms with Crippen LogP contribution in [0.15, 0.2) is 30.3 Å². The predicted molar refractivity (Wildman–Crippen MR) is 91.5 cm³/mol. The molecular formula is C18H21F3N4O. The van der Waals surface area contributed by atoms with Crippen LogP contribution in [0.25, 0.3) is 0 Å². The molecule has 1 heterocycles. The summed E-state index contributed by atoms with van der Waals surface area (Å²) in [6.07, 6.45) is -2.61. The fourth-order valence-corrected chi connectivity index (χ4v) is 3.00. The molecule has 0 atom stereocenters. The summed E-state index contributed by atoms with van der Waals surface area (Å²) in [5.41, 5.74) is 0.324. The van der Waals surface area contributed by atoms with Crippen LogP contribution in [0.4, 0.5) is 19.0 Å². The summed E-state index contributed by atoms with van der Waals surface area (Å²) in [5.74, 6) is 0.309. The Hall–Kier alpha value is -2.35. The van der Waals surface area contributed by atoms with E-state index in [1.807, 2.05) is 11.8 Å². The van der Waals surface area contributed by atoms with Gasteiger partial charge in [0.15, 0.2) is 0 Å². The molecule has 3 rings (SSSR count). The molecule has 0 spiro atoms. The minimum atomic E-state index is -4.40. The zero-order valence-electron chi connectivity index (χ0n) is 14.7. The fraction of sp³-hybridized carbons (Fsp3) is 0.444. The van der Waals surface area contributed by atoms with E-state index in [0.29, 0.717) is 5.82 Å². The van der Waals surface area contributed by atoms with Crippen LogP contribution in [0.1, 0.15) is 29.7 Å². The first-order valence-electron chi connectivity index (χ1n) is 8.43. The molecule has 26 heavy (non-hydrogen) atoms. The Morgan fingerprint density at radius 1 is 1.35 bits per heavy atom. The van der Waals surface area contributed by atoms with Gasteiger partial charge in [-0.15, -0.1) is 0 Å². The van der Waals surface area contributed by atoms with Crippen molar-refractivity contribution in [1.29, 1.82) is 0 Å². The summed E-state index contributed by atoms with van der Waals surface area (Å²) in [6, 6.07) is 7.42. The number of carbonyl (C=O) groups excluding carboxylic acids is 1. The molecule has 140 valence electrons. The number of rotatable bonds is 6. The Bertz CT molecular complexity index is 796. The van der Waals surface area contributed by atoms with Crippen molar-refractivity contribution in [2.24, 2.45) is 7.05 Å². The minimum Gasteiger partial charge on any atom is -0.310 e. The van der Waals surface area contributed by atoms with E-state index in [-0.39, 0.29) is 30.6 Å². The lowest BCUT2D eigenvalue weighted by molar-refractivity contribution is -0.138. The third-order valence-electron chi connectivity index (χ3n) is 4.38. The maximum Gasteiger partial charge on any atom is 0.416 e. The number of nitrogens with zero attached hydrogens (tertiary/aromatic N) is 3. The Balaban J connectivity index is 1.71. The predicted octanol–water partition coefficient (Wildman–Crippen LogP) is 3.35. The SMILES string of the molecule is Cc1cc(NC(=O)CN(Cc2ccccc2C(F)(F)F)C2CC2)n(C)n1. The van der Waals surface area contributed by atoms with Gasteiger partial charge in [0.25, 0.3) is 0 Å². The summed E-state index contributed by atoms with van der Waals surface area (Å²) in [5, 5.41) is 6.93. The number of halogens is 3. The average molecular weight is 366 g/mol. The van der Waals surface area contributed by atoms with Crippen molar-refractivity contribution in [3.8, 4) is 0 Å². The van der Waals surface area contributed by atoms with Crippen molar-refractivity contribution < 1.29 is 18.0 Å². The van der Waals surface area contributed by atoms with Crippen molar-refractivity contribution in [3.05, 3.63) is 47.2 Å². The fourth-order valence-electron chi connectivity index (χ4n) is 3.00. The van der Waals surface area contributed by atoms with Gasteiger partial charge < -0.3 is 5.32 Å². The van der Waals surface area contributed by atoms with Gasteiger partial charge in [-0.2, -0.15) is 18.3 Å². The highest BCUT2D eigenvalue weighted by Crippen LogP contribution is 2.34. The molecule has 5 nitrogen and oxygen atoms in total. The molecule has 1 N–H and O–H groups in total. The van der Waals surface area contributed by atoms with Crippen LogP contribution in [-0.4, -0.2) is 33.2 Å². The number of aromatic nitrogens is 2. The molecule has 2 aromatic rings. The molecule has 1 aromatic heterocycles. The topological polar surface area (TPSA) is 50.2 Å². The number of anilines is 1. The molecule has 1 saturated carbocycles. The van der Waals surface area contributed by atoms with Crippen LogP contribution in [0.5, 0.6) is 0 Å². The van der Waals surface area contributed by atoms with E-state index in [1.54, 1.807) is 23.9 Å². The van der Waals surface area contributed by atoms with Crippen molar-refractivity contribution >= 4 is 11.7 Å². The van der Waals surface area contributed by atoms with E-state index < -0.39 is 11.7 Å². The van der Waals surface area contributed by atoms with Gasteiger partial charge in [-0.3, -0.25) is 14.4 Å². The summed E-state index contributed by atoms with van der Waals surface area (Å²) >= 11 is 0. The lowest BCUT2D eigenvalue weighted by Gasteiger charge is -2.23. The summed E-state index contributed by atoms with van der Waals surface area (Å²) in [6.45, 7) is 1.96. The Morgan fingerprint density at radius 3 is 2.62 bits per heavy atom. The van der Waals surface area contributed by atoms with Crippen LogP contribution in [0.2, 0.25) is 0 Å². The van der Waals surface area contributed by atoms with Gasteiger partial charge in [-0.1, -0.05) is 18.2 Å². The number of hydrogen-bond acceptors (Lipinski definition) is 3. The molecule has 1 aromatic carbocycles. The second-order valence-electron chi connectivity index (χ2n) is 6.63. The van der Waals surface area contributed by atoms with Crippen LogP contribution >= 0.6 is 0 Å². The Kier molecular flexibility index (Phi) is 5.04. The van der Waals surface area contributed by atoms with Gasteiger partial charge in [0.1, 0.15) is 5.82 Å². The maximum absolute atomic E-state index is 13.2. The third-order valence-corrected chi connectivity index (χ3v) is 4.38. The van der Waals surface area contributed by atoms with Gasteiger partial charge in [-0.25, -0.2) is 0 Å². The summed E-state index contributed by atoms with van der Waals surface area (Å²) < 4.78 is 41.2. The molecule has 0 saturated heterocycles. The second-order valence-corrected chi connectivity index (χ2v) is 6.63. The first kappa shape index (κ1) is 18.4. The van der Waals surface area contributed by atoms with Crippen molar-refractivity contribution in [3.63, 3.8) is 0 Å². The van der Waals surface area contributed by atoms with Gasteiger partial charge in [0, 0.05) is 25.7 Å². The van der Waals surface area contributed by atoms with Crippen LogP contribution in [-0.2, 0) is 24.6 Å². The Morgan fingerprint density at radius 2 is 2.04 bits per heavy atom. The normalized spacial score (nSPS) is 14.7. The zero-order chi connectivity index (χ0) is 18.9. The molecule has 8 heteroatoms. The van der Waals surface area contributed by atoms with E-state index in [1.165, 1.54) is 12.1 Å². The van der Waals surface area contributed by atoms with Crippen LogP contribution in [0, 0.1) is 6.92 Å². The lowest BCUT2D eigenvalue weighted by atomic mass is 10.1. The molecule has 0 radical (unpaired) electrons. The number of carbonyl (C=O) groups is 1. The summed E-state index contributed by atoms with van der Waals surface area (Å²) in [7, 11) is 1.72. The monoisotopic (exact) mass is 366 g/mol. The first-order chi connectivity index (χ1) is 12.2. The quantitative estimate of drug-likeness (QED) is 0.853. The van der Waals surface area contributed by atoms with Crippen molar-refractivity contribution in [1.82, 2.24) is 14.7 Å². The van der Waals surface area contributed by atoms with Gasteiger partial charge >= 0.3 is 6.18 Å². The highest BCUT2D eigenvalue weighted by molar-refractivity contribution is 5.91. The van der Waals surface area contributed by atoms with Gasteiger partial charge in [-0.05, 0) is 31.4 Å². The Labute approximate surface area is 149 Å². The number of benzene rings is 1. The number of alkyl halides is 3. The van der Waals surface area contributed by atoms with Crippen LogP contribution in [0.3, 0.4) is 0 Å². The lowest BCUT2D eigenvalue weighted by Crippen LogP contribution is -2.35. The largest absolute Gasteiger partial charge is 0.416 e. The molecule has 0 unspecified atom stereocenters. The third kappa shape index (κ3) is 4.43. The number of amides is 1. The minimum absolute atomic E-state index is 0.0427. The zero-order valence-corrected chi connectivity index (χ0v) is 14.7. The standard InChI is InChI=1S/C18H21F3N4O/c1-12-9-16(24(2)23-12)22-17(26)11-25(14-7-8-14)10-13-5-3-4-6-15(13)18(19,20)21/h3-6,9,14H,7-8,10-11H2,1-2H3,(H,22,26). The van der Waals surface area contributed by atoms with E-state index in [0.717, 1.165) is 24.6 Å². The molecular weight excluding hydrogens is 345 g/mol. The van der Waals surface area contributed by atoms with E-state index in [2.05, 4.69) is 10.4 Å². The second kappa shape index (κ2) is 7.11. The highest BCUT2D eigenvalue weighted by Gasteiger charge is 2.36. The summed E-state index contributed by atoms with van der Waals surface area (Å²) in [4.78, 5) is 14.2. The molecule has 0 bridgehead atoms. The van der Waals surface area contributed by atoms with E-state index in [4.69, 9.17) is 0 Å². The smallest absolute Gasteiger partial charge is 0.310 e. The molecule has 0 aliphatic heterocycles. The maximum atomic E-state index is 13.2. The molecule has 1 aliphatic carbocycles. The van der Waals surface area contributed by atoms with E-state index >= 15 is 0 Å². The first-order valence-corrected chi connectivity index (χ1v) is 8.43. The molecule has 1 amide bonds. The number of aryl methyl sites for hydroxylation is 2. The van der Waals surface area contributed by atoms with Crippen LogP contribution < -0.4 is 5.32 Å². The van der Waals surface area contributed by atoms with E-state index in [9.17, 15) is 18.0 Å². The molecule has 1 aliphatic rings. The van der Waals surface area contributed by atoms with Gasteiger partial charge in [0.2, 0.25) is 5.91 Å². The van der Waals surface area contributed by atoms with Crippen molar-refractivity contribution in [2.45, 2.75) is 38.5 Å². The average Bonchev–Trinajstić information content (AvgIpc) is 3.33. The van der Waals surface area contributed by atoms with Gasteiger partial charge in [0.05, 0.1) is 17.8 Å². The number of hydrogen-bond donors (Lipinski definition) is 1. The van der Waals surface area contributed by atoms with Crippen molar-refractivity contribution in [2.75, 3.05) is 11.9 Å². The highest BCUT2D eigenvalue weighted by atomic mass is 19.4. The molecule has 1 fully saturated rings.